The fourth-order valence-electron chi connectivity index (χ4n) is 2.13. The minimum atomic E-state index is -1.19. The normalized spacial score (nSPS) is 10.5. The number of carboxylic acids is 1. The first-order chi connectivity index (χ1) is 10.2. The molecular formula is C15H11N3O3. The first-order valence-electron chi connectivity index (χ1n) is 6.22. The first-order valence-corrected chi connectivity index (χ1v) is 6.22. The van der Waals surface area contributed by atoms with Crippen molar-refractivity contribution in [1.29, 1.82) is 0 Å². The molecule has 0 aliphatic carbocycles. The van der Waals surface area contributed by atoms with E-state index in [1.807, 2.05) is 24.3 Å². The van der Waals surface area contributed by atoms with E-state index in [1.165, 1.54) is 12.3 Å². The zero-order valence-corrected chi connectivity index (χ0v) is 10.8. The maximum Gasteiger partial charge on any atom is 0.356 e. The Morgan fingerprint density at radius 2 is 1.95 bits per heavy atom. The molecule has 0 aliphatic heterocycles. The summed E-state index contributed by atoms with van der Waals surface area (Å²) in [7, 11) is 0. The number of carbonyl (C=O) groups excluding carboxylic acids is 1. The molecule has 0 radical (unpaired) electrons. The van der Waals surface area contributed by atoms with Crippen LogP contribution in [0.3, 0.4) is 0 Å². The van der Waals surface area contributed by atoms with E-state index >= 15 is 0 Å². The predicted octanol–water partition coefficient (Wildman–Crippen LogP) is 2.51. The van der Waals surface area contributed by atoms with E-state index in [4.69, 9.17) is 5.11 Å². The first kappa shape index (κ1) is 12.9. The number of fused-ring (bicyclic) bond motifs is 1. The molecule has 0 aliphatic rings. The van der Waals surface area contributed by atoms with Crippen molar-refractivity contribution < 1.29 is 14.7 Å². The molecule has 0 saturated heterocycles. The quantitative estimate of drug-likeness (QED) is 0.687. The number of aromatic carboxylic acids is 1. The summed E-state index contributed by atoms with van der Waals surface area (Å²) in [6.45, 7) is 0. The van der Waals surface area contributed by atoms with Crippen LogP contribution in [0.1, 0.15) is 20.8 Å². The van der Waals surface area contributed by atoms with Gasteiger partial charge >= 0.3 is 5.97 Å². The third-order valence-corrected chi connectivity index (χ3v) is 3.09. The molecule has 0 bridgehead atoms. The van der Waals surface area contributed by atoms with Crippen molar-refractivity contribution in [3.63, 3.8) is 0 Å². The Morgan fingerprint density at radius 1 is 1.14 bits per heavy atom. The van der Waals surface area contributed by atoms with Crippen LogP contribution >= 0.6 is 0 Å². The number of pyridine rings is 1. The van der Waals surface area contributed by atoms with Crippen molar-refractivity contribution in [2.24, 2.45) is 0 Å². The van der Waals surface area contributed by atoms with Crippen LogP contribution in [-0.2, 0) is 0 Å². The summed E-state index contributed by atoms with van der Waals surface area (Å²) < 4.78 is 0. The maximum absolute atomic E-state index is 12.3. The van der Waals surface area contributed by atoms with Crippen molar-refractivity contribution in [2.45, 2.75) is 0 Å². The van der Waals surface area contributed by atoms with Crippen LogP contribution < -0.4 is 5.32 Å². The lowest BCUT2D eigenvalue weighted by molar-refractivity contribution is 0.0692. The molecule has 1 amide bonds. The predicted molar refractivity (Wildman–Crippen MR) is 77.4 cm³/mol. The lowest BCUT2D eigenvalue weighted by Gasteiger charge is -2.06. The van der Waals surface area contributed by atoms with Gasteiger partial charge in [-0.25, -0.2) is 9.78 Å². The van der Waals surface area contributed by atoms with Crippen LogP contribution in [0, 0.1) is 0 Å². The van der Waals surface area contributed by atoms with Crippen molar-refractivity contribution in [3.05, 3.63) is 60.0 Å². The number of anilines is 1. The molecule has 21 heavy (non-hydrogen) atoms. The molecule has 2 aromatic heterocycles. The summed E-state index contributed by atoms with van der Waals surface area (Å²) in [5.74, 6) is -1.58. The van der Waals surface area contributed by atoms with Crippen LogP contribution in [0.25, 0.3) is 10.9 Å². The van der Waals surface area contributed by atoms with E-state index in [0.717, 1.165) is 10.9 Å². The summed E-state index contributed by atoms with van der Waals surface area (Å²) in [4.78, 5) is 30.1. The summed E-state index contributed by atoms with van der Waals surface area (Å²) in [6.07, 6.45) is 2.96. The number of nitrogens with one attached hydrogen (secondary N) is 2. The number of amides is 1. The SMILES string of the molecule is O=C(O)c1ncccc1NC(=O)c1c[nH]c2ccccc12. The summed E-state index contributed by atoms with van der Waals surface area (Å²) in [6, 6.07) is 10.4. The molecular weight excluding hydrogens is 270 g/mol. The monoisotopic (exact) mass is 281 g/mol. The topological polar surface area (TPSA) is 95.1 Å². The molecule has 0 saturated carbocycles. The van der Waals surface area contributed by atoms with Crippen molar-refractivity contribution in [2.75, 3.05) is 5.32 Å². The highest BCUT2D eigenvalue weighted by atomic mass is 16.4. The number of hydrogen-bond donors (Lipinski definition) is 3. The van der Waals surface area contributed by atoms with Crippen LogP contribution in [0.5, 0.6) is 0 Å². The summed E-state index contributed by atoms with van der Waals surface area (Å²) in [5, 5.41) is 12.4. The second-order valence-corrected chi connectivity index (χ2v) is 4.41. The number of aromatic amines is 1. The molecule has 0 atom stereocenters. The van der Waals surface area contributed by atoms with Gasteiger partial charge in [0.25, 0.3) is 5.91 Å². The van der Waals surface area contributed by atoms with E-state index in [-0.39, 0.29) is 17.3 Å². The van der Waals surface area contributed by atoms with Gasteiger partial charge in [0, 0.05) is 23.3 Å². The van der Waals surface area contributed by atoms with E-state index < -0.39 is 5.97 Å². The van der Waals surface area contributed by atoms with E-state index in [9.17, 15) is 9.59 Å². The Hall–Kier alpha value is -3.15. The number of aromatic nitrogens is 2. The molecule has 1 aromatic carbocycles. The van der Waals surface area contributed by atoms with E-state index in [2.05, 4.69) is 15.3 Å². The molecule has 0 fully saturated rings. The van der Waals surface area contributed by atoms with Crippen molar-refractivity contribution in [3.8, 4) is 0 Å². The highest BCUT2D eigenvalue weighted by Crippen LogP contribution is 2.20. The molecule has 3 N–H and O–H groups in total. The largest absolute Gasteiger partial charge is 0.476 e. The van der Waals surface area contributed by atoms with Gasteiger partial charge in [-0.1, -0.05) is 18.2 Å². The van der Waals surface area contributed by atoms with Gasteiger partial charge in [-0.2, -0.15) is 0 Å². The molecule has 6 nitrogen and oxygen atoms in total. The maximum atomic E-state index is 12.3. The number of rotatable bonds is 3. The third-order valence-electron chi connectivity index (χ3n) is 3.09. The summed E-state index contributed by atoms with van der Waals surface area (Å²) in [5.41, 5.74) is 1.27. The Morgan fingerprint density at radius 3 is 2.76 bits per heavy atom. The van der Waals surface area contributed by atoms with Gasteiger partial charge in [-0.05, 0) is 18.2 Å². The minimum Gasteiger partial charge on any atom is -0.476 e. The molecule has 3 rings (SSSR count). The molecule has 104 valence electrons. The Labute approximate surface area is 119 Å². The smallest absolute Gasteiger partial charge is 0.356 e. The van der Waals surface area contributed by atoms with Gasteiger partial charge in [-0.15, -0.1) is 0 Å². The van der Waals surface area contributed by atoms with Gasteiger partial charge in [0.05, 0.1) is 11.3 Å². The van der Waals surface area contributed by atoms with Crippen molar-refractivity contribution >= 4 is 28.5 Å². The number of benzene rings is 1. The van der Waals surface area contributed by atoms with Gasteiger partial charge in [0.15, 0.2) is 5.69 Å². The second kappa shape index (κ2) is 5.09. The van der Waals surface area contributed by atoms with Gasteiger partial charge in [0.2, 0.25) is 0 Å². The molecule has 3 aromatic rings. The average molecular weight is 281 g/mol. The third kappa shape index (κ3) is 2.34. The highest BCUT2D eigenvalue weighted by molar-refractivity contribution is 6.14. The van der Waals surface area contributed by atoms with Gasteiger partial charge in [0.1, 0.15) is 0 Å². The van der Waals surface area contributed by atoms with Crippen LogP contribution in [0.2, 0.25) is 0 Å². The standard InChI is InChI=1S/C15H11N3O3/c19-14(10-8-17-11-5-2-1-4-9(10)11)18-12-6-3-7-16-13(12)15(20)21/h1-8,17H,(H,18,19)(H,20,21). The number of carbonyl (C=O) groups is 2. The van der Waals surface area contributed by atoms with Gasteiger partial charge in [-0.3, -0.25) is 4.79 Å². The number of para-hydroxylation sites is 1. The van der Waals surface area contributed by atoms with Crippen LogP contribution in [0.15, 0.2) is 48.8 Å². The van der Waals surface area contributed by atoms with E-state index in [1.54, 1.807) is 12.3 Å². The Balaban J connectivity index is 1.96. The van der Waals surface area contributed by atoms with Crippen LogP contribution in [0.4, 0.5) is 5.69 Å². The summed E-state index contributed by atoms with van der Waals surface area (Å²) >= 11 is 0. The highest BCUT2D eigenvalue weighted by Gasteiger charge is 2.16. The zero-order valence-electron chi connectivity index (χ0n) is 10.8. The Bertz CT molecular complexity index is 839. The zero-order chi connectivity index (χ0) is 14.8. The average Bonchev–Trinajstić information content (AvgIpc) is 2.91. The number of hydrogen-bond acceptors (Lipinski definition) is 3. The number of H-pyrrole nitrogens is 1. The minimum absolute atomic E-state index is 0.167. The molecule has 6 heteroatoms. The number of carboxylic acid groups (broad SMARTS) is 1. The van der Waals surface area contributed by atoms with Crippen molar-refractivity contribution in [1.82, 2.24) is 9.97 Å². The second-order valence-electron chi connectivity index (χ2n) is 4.41. The van der Waals surface area contributed by atoms with Crippen LogP contribution in [-0.4, -0.2) is 27.0 Å². The number of nitrogens with zero attached hydrogens (tertiary/aromatic N) is 1. The molecule has 2 heterocycles. The molecule has 0 unspecified atom stereocenters. The lowest BCUT2D eigenvalue weighted by atomic mass is 10.1. The van der Waals surface area contributed by atoms with E-state index in [0.29, 0.717) is 5.56 Å². The fourth-order valence-corrected chi connectivity index (χ4v) is 2.13. The molecule has 0 spiro atoms. The fraction of sp³-hybridized carbons (Fsp3) is 0. The Kier molecular flexibility index (Phi) is 3.12. The van der Waals surface area contributed by atoms with Gasteiger partial charge < -0.3 is 15.4 Å². The lowest BCUT2D eigenvalue weighted by Crippen LogP contribution is -2.15.